The molecule has 0 aromatic carbocycles. The van der Waals surface area contributed by atoms with Gasteiger partial charge in [0.05, 0.1) is 11.3 Å². The Bertz CT molecular complexity index is 415. The summed E-state index contributed by atoms with van der Waals surface area (Å²) in [5, 5.41) is 11.8. The van der Waals surface area contributed by atoms with Gasteiger partial charge in [-0.25, -0.2) is 0 Å². The van der Waals surface area contributed by atoms with Crippen LogP contribution in [0.5, 0.6) is 0 Å². The first kappa shape index (κ1) is 14.8. The minimum Gasteiger partial charge on any atom is -0.481 e. The maximum Gasteiger partial charge on any atom is 0.306 e. The normalized spacial score (nSPS) is 28.2. The number of amides is 2. The van der Waals surface area contributed by atoms with Gasteiger partial charge < -0.3 is 16.2 Å². The average molecular weight is 282 g/mol. The van der Waals surface area contributed by atoms with Crippen LogP contribution in [0, 0.1) is 17.3 Å². The summed E-state index contributed by atoms with van der Waals surface area (Å²) < 4.78 is 0. The zero-order chi connectivity index (χ0) is 14.8. The summed E-state index contributed by atoms with van der Waals surface area (Å²) in [7, 11) is 0. The Balaban J connectivity index is 1.86. The number of carbonyl (C=O) groups is 3. The standard InChI is InChI=1S/C14H22N2O4/c15-13(20)14(5-1-2-6-14)8-16-11(17)9-3-4-10(7-9)12(18)19/h9-10H,1-8H2,(H2,15,20)(H,16,17)(H,18,19)/t9-,10+/m1/s1. The highest BCUT2D eigenvalue weighted by molar-refractivity contribution is 5.84. The van der Waals surface area contributed by atoms with E-state index in [0.717, 1.165) is 25.7 Å². The molecule has 0 spiro atoms. The van der Waals surface area contributed by atoms with Crippen LogP contribution < -0.4 is 11.1 Å². The van der Waals surface area contributed by atoms with Crippen molar-refractivity contribution in [2.24, 2.45) is 23.0 Å². The van der Waals surface area contributed by atoms with Crippen molar-refractivity contribution in [3.8, 4) is 0 Å². The monoisotopic (exact) mass is 282 g/mol. The van der Waals surface area contributed by atoms with Gasteiger partial charge in [-0.1, -0.05) is 12.8 Å². The molecule has 0 aromatic heterocycles. The van der Waals surface area contributed by atoms with Crippen molar-refractivity contribution in [3.63, 3.8) is 0 Å². The summed E-state index contributed by atoms with van der Waals surface area (Å²) in [6, 6.07) is 0. The summed E-state index contributed by atoms with van der Waals surface area (Å²) >= 11 is 0. The fourth-order valence-corrected chi connectivity index (χ4v) is 3.41. The molecule has 4 N–H and O–H groups in total. The number of nitrogens with one attached hydrogen (secondary N) is 1. The Morgan fingerprint density at radius 3 is 2.25 bits per heavy atom. The average Bonchev–Trinajstić information content (AvgIpc) is 3.06. The van der Waals surface area contributed by atoms with Gasteiger partial charge in [-0.15, -0.1) is 0 Å². The van der Waals surface area contributed by atoms with Gasteiger partial charge in [0, 0.05) is 12.5 Å². The number of hydrogen-bond acceptors (Lipinski definition) is 3. The van der Waals surface area contributed by atoms with Crippen molar-refractivity contribution < 1.29 is 19.5 Å². The van der Waals surface area contributed by atoms with Crippen LogP contribution in [0.25, 0.3) is 0 Å². The third-order valence-corrected chi connectivity index (χ3v) is 4.84. The second-order valence-electron chi connectivity index (χ2n) is 6.11. The predicted octanol–water partition coefficient (Wildman–Crippen LogP) is 0.649. The van der Waals surface area contributed by atoms with E-state index in [0.29, 0.717) is 19.3 Å². The molecule has 0 bridgehead atoms. The molecule has 0 aliphatic heterocycles. The Hall–Kier alpha value is -1.59. The van der Waals surface area contributed by atoms with Crippen molar-refractivity contribution in [1.29, 1.82) is 0 Å². The Kier molecular flexibility index (Phi) is 4.30. The molecule has 6 nitrogen and oxygen atoms in total. The fourth-order valence-electron chi connectivity index (χ4n) is 3.41. The minimum absolute atomic E-state index is 0.138. The van der Waals surface area contributed by atoms with Crippen LogP contribution in [0.15, 0.2) is 0 Å². The lowest BCUT2D eigenvalue weighted by molar-refractivity contribution is -0.141. The van der Waals surface area contributed by atoms with Gasteiger partial charge in [0.1, 0.15) is 0 Å². The van der Waals surface area contributed by atoms with Crippen LogP contribution in [0.2, 0.25) is 0 Å². The number of hydrogen-bond donors (Lipinski definition) is 3. The molecule has 2 rings (SSSR count). The lowest BCUT2D eigenvalue weighted by Gasteiger charge is -2.26. The summed E-state index contributed by atoms with van der Waals surface area (Å²) in [6.07, 6.45) is 4.92. The SMILES string of the molecule is NC(=O)C1(CNC(=O)[C@@H]2CC[C@H](C(=O)O)C2)CCCC1. The number of carboxylic acid groups (broad SMARTS) is 1. The molecule has 2 amide bonds. The van der Waals surface area contributed by atoms with Crippen LogP contribution in [-0.2, 0) is 14.4 Å². The molecule has 2 saturated carbocycles. The van der Waals surface area contributed by atoms with E-state index >= 15 is 0 Å². The molecule has 6 heteroatoms. The summed E-state index contributed by atoms with van der Waals surface area (Å²) in [6.45, 7) is 0.287. The molecular formula is C14H22N2O4. The number of rotatable bonds is 5. The topological polar surface area (TPSA) is 109 Å². The molecule has 0 aromatic rings. The van der Waals surface area contributed by atoms with E-state index in [-0.39, 0.29) is 24.3 Å². The molecule has 112 valence electrons. The second-order valence-corrected chi connectivity index (χ2v) is 6.11. The first-order valence-electron chi connectivity index (χ1n) is 7.25. The molecule has 2 fully saturated rings. The maximum absolute atomic E-state index is 12.1. The van der Waals surface area contributed by atoms with Crippen molar-refractivity contribution in [2.75, 3.05) is 6.54 Å². The number of nitrogens with two attached hydrogens (primary N) is 1. The van der Waals surface area contributed by atoms with Crippen molar-refractivity contribution in [1.82, 2.24) is 5.32 Å². The van der Waals surface area contributed by atoms with Crippen molar-refractivity contribution in [2.45, 2.75) is 44.9 Å². The second kappa shape index (κ2) is 5.81. The Morgan fingerprint density at radius 2 is 1.75 bits per heavy atom. The molecule has 0 saturated heterocycles. The number of aliphatic carboxylic acids is 1. The van der Waals surface area contributed by atoms with Gasteiger partial charge in [0.25, 0.3) is 0 Å². The van der Waals surface area contributed by atoms with E-state index in [4.69, 9.17) is 10.8 Å². The summed E-state index contributed by atoms with van der Waals surface area (Å²) in [5.74, 6) is -1.97. The van der Waals surface area contributed by atoms with Gasteiger partial charge in [-0.3, -0.25) is 14.4 Å². The van der Waals surface area contributed by atoms with Crippen LogP contribution in [0.4, 0.5) is 0 Å². The highest BCUT2D eigenvalue weighted by atomic mass is 16.4. The highest BCUT2D eigenvalue weighted by Gasteiger charge is 2.41. The molecule has 2 aliphatic carbocycles. The minimum atomic E-state index is -0.829. The lowest BCUT2D eigenvalue weighted by Crippen LogP contribution is -2.45. The van der Waals surface area contributed by atoms with Crippen LogP contribution in [-0.4, -0.2) is 29.4 Å². The zero-order valence-electron chi connectivity index (χ0n) is 11.6. The van der Waals surface area contributed by atoms with E-state index in [2.05, 4.69) is 5.32 Å². The summed E-state index contributed by atoms with van der Waals surface area (Å²) in [5.41, 5.74) is 4.87. The molecule has 0 radical (unpaired) electrons. The smallest absolute Gasteiger partial charge is 0.306 e. The van der Waals surface area contributed by atoms with E-state index in [1.165, 1.54) is 0 Å². The first-order valence-corrected chi connectivity index (χ1v) is 7.25. The lowest BCUT2D eigenvalue weighted by atomic mass is 9.85. The fraction of sp³-hybridized carbons (Fsp3) is 0.786. The van der Waals surface area contributed by atoms with Crippen molar-refractivity contribution >= 4 is 17.8 Å². The van der Waals surface area contributed by atoms with Gasteiger partial charge in [0.15, 0.2) is 0 Å². The number of primary amides is 1. The number of carboxylic acids is 1. The van der Waals surface area contributed by atoms with Crippen molar-refractivity contribution in [3.05, 3.63) is 0 Å². The van der Waals surface area contributed by atoms with Gasteiger partial charge in [-0.2, -0.15) is 0 Å². The van der Waals surface area contributed by atoms with E-state index in [9.17, 15) is 14.4 Å². The molecule has 0 heterocycles. The molecule has 20 heavy (non-hydrogen) atoms. The number of carbonyl (C=O) groups excluding carboxylic acids is 2. The van der Waals surface area contributed by atoms with E-state index in [1.807, 2.05) is 0 Å². The van der Waals surface area contributed by atoms with Gasteiger partial charge >= 0.3 is 5.97 Å². The van der Waals surface area contributed by atoms with Crippen LogP contribution >= 0.6 is 0 Å². The van der Waals surface area contributed by atoms with Crippen LogP contribution in [0.3, 0.4) is 0 Å². The summed E-state index contributed by atoms with van der Waals surface area (Å²) in [4.78, 5) is 34.6. The van der Waals surface area contributed by atoms with E-state index < -0.39 is 17.3 Å². The third kappa shape index (κ3) is 2.94. The molecule has 2 aliphatic rings. The quantitative estimate of drug-likeness (QED) is 0.687. The largest absolute Gasteiger partial charge is 0.481 e. The highest BCUT2D eigenvalue weighted by Crippen LogP contribution is 2.37. The predicted molar refractivity (Wildman–Crippen MR) is 71.6 cm³/mol. The molecular weight excluding hydrogens is 260 g/mol. The Morgan fingerprint density at radius 1 is 1.15 bits per heavy atom. The van der Waals surface area contributed by atoms with Gasteiger partial charge in [-0.05, 0) is 32.1 Å². The third-order valence-electron chi connectivity index (χ3n) is 4.84. The first-order chi connectivity index (χ1) is 9.44. The van der Waals surface area contributed by atoms with Gasteiger partial charge in [0.2, 0.25) is 11.8 Å². The Labute approximate surface area is 118 Å². The molecule has 0 unspecified atom stereocenters. The van der Waals surface area contributed by atoms with E-state index in [1.54, 1.807) is 0 Å². The maximum atomic E-state index is 12.1. The van der Waals surface area contributed by atoms with Crippen LogP contribution in [0.1, 0.15) is 44.9 Å². The zero-order valence-corrected chi connectivity index (χ0v) is 11.6. The molecule has 2 atom stereocenters.